The molecular formula is C26H35N3O5. The van der Waals surface area contributed by atoms with E-state index in [9.17, 15) is 14.4 Å². The SMILES string of the molecule is C=CCN1C(=O)N[C@H](c2ccccc2C)C(C(=O)OCC)=C1CN1CCC[C@H](C(=O)OCC)C1. The number of carbonyl (C=O) groups excluding carboxylic acids is 3. The highest BCUT2D eigenvalue weighted by Crippen LogP contribution is 2.34. The average Bonchev–Trinajstić information content (AvgIpc) is 2.82. The fraction of sp³-hybridized carbons (Fsp3) is 0.500. The number of benzene rings is 1. The third-order valence-corrected chi connectivity index (χ3v) is 6.24. The van der Waals surface area contributed by atoms with Crippen molar-refractivity contribution in [2.75, 3.05) is 39.4 Å². The topological polar surface area (TPSA) is 88.2 Å². The molecule has 34 heavy (non-hydrogen) atoms. The summed E-state index contributed by atoms with van der Waals surface area (Å²) in [5.41, 5.74) is 2.81. The molecule has 3 rings (SSSR count). The van der Waals surface area contributed by atoms with Gasteiger partial charge in [-0.05, 0) is 51.3 Å². The fourth-order valence-corrected chi connectivity index (χ4v) is 4.65. The number of likely N-dealkylation sites (tertiary alicyclic amines) is 1. The minimum Gasteiger partial charge on any atom is -0.466 e. The van der Waals surface area contributed by atoms with Gasteiger partial charge in [0.05, 0.1) is 30.7 Å². The molecule has 1 fully saturated rings. The summed E-state index contributed by atoms with van der Waals surface area (Å²) < 4.78 is 10.7. The summed E-state index contributed by atoms with van der Waals surface area (Å²) in [5, 5.41) is 3.00. The molecule has 0 spiro atoms. The van der Waals surface area contributed by atoms with Crippen LogP contribution >= 0.6 is 0 Å². The number of aryl methyl sites for hydroxylation is 1. The zero-order valence-corrected chi connectivity index (χ0v) is 20.3. The van der Waals surface area contributed by atoms with Gasteiger partial charge < -0.3 is 14.8 Å². The summed E-state index contributed by atoms with van der Waals surface area (Å²) in [6.45, 7) is 11.7. The lowest BCUT2D eigenvalue weighted by Gasteiger charge is -2.40. The Kier molecular flexibility index (Phi) is 8.87. The van der Waals surface area contributed by atoms with Gasteiger partial charge in [0, 0.05) is 25.3 Å². The van der Waals surface area contributed by atoms with Gasteiger partial charge in [-0.3, -0.25) is 14.6 Å². The van der Waals surface area contributed by atoms with Crippen LogP contribution in [0.4, 0.5) is 4.79 Å². The van der Waals surface area contributed by atoms with E-state index in [1.807, 2.05) is 31.2 Å². The summed E-state index contributed by atoms with van der Waals surface area (Å²) in [6, 6.07) is 6.75. The number of hydrogen-bond acceptors (Lipinski definition) is 6. The first kappa shape index (κ1) is 25.5. The van der Waals surface area contributed by atoms with Crippen molar-refractivity contribution >= 4 is 18.0 Å². The lowest BCUT2D eigenvalue weighted by molar-refractivity contribution is -0.150. The number of esters is 2. The Morgan fingerprint density at radius 1 is 1.21 bits per heavy atom. The molecule has 0 aromatic heterocycles. The molecule has 2 aliphatic heterocycles. The second-order valence-electron chi connectivity index (χ2n) is 8.55. The monoisotopic (exact) mass is 469 g/mol. The van der Waals surface area contributed by atoms with Gasteiger partial charge in [-0.15, -0.1) is 6.58 Å². The number of urea groups is 1. The lowest BCUT2D eigenvalue weighted by atomic mass is 9.91. The van der Waals surface area contributed by atoms with Crippen LogP contribution in [-0.2, 0) is 19.1 Å². The summed E-state index contributed by atoms with van der Waals surface area (Å²) >= 11 is 0. The van der Waals surface area contributed by atoms with Crippen molar-refractivity contribution in [2.45, 2.75) is 39.7 Å². The molecule has 8 nitrogen and oxygen atoms in total. The van der Waals surface area contributed by atoms with Gasteiger partial charge in [0.15, 0.2) is 0 Å². The van der Waals surface area contributed by atoms with Crippen LogP contribution in [0.25, 0.3) is 0 Å². The number of carbonyl (C=O) groups is 3. The van der Waals surface area contributed by atoms with E-state index in [4.69, 9.17) is 9.47 Å². The minimum absolute atomic E-state index is 0.200. The largest absolute Gasteiger partial charge is 0.466 e. The molecule has 2 aliphatic rings. The molecule has 0 unspecified atom stereocenters. The van der Waals surface area contributed by atoms with Crippen LogP contribution in [0.5, 0.6) is 0 Å². The van der Waals surface area contributed by atoms with Gasteiger partial charge >= 0.3 is 18.0 Å². The van der Waals surface area contributed by atoms with E-state index in [1.54, 1.807) is 24.8 Å². The summed E-state index contributed by atoms with van der Waals surface area (Å²) in [5.74, 6) is -0.884. The van der Waals surface area contributed by atoms with E-state index >= 15 is 0 Å². The summed E-state index contributed by atoms with van der Waals surface area (Å²) in [4.78, 5) is 42.5. The highest BCUT2D eigenvalue weighted by atomic mass is 16.5. The van der Waals surface area contributed by atoms with Gasteiger partial charge in [0.1, 0.15) is 0 Å². The van der Waals surface area contributed by atoms with Crippen molar-refractivity contribution < 1.29 is 23.9 Å². The smallest absolute Gasteiger partial charge is 0.338 e. The van der Waals surface area contributed by atoms with Crippen LogP contribution in [0, 0.1) is 12.8 Å². The number of hydrogen-bond donors (Lipinski definition) is 1. The van der Waals surface area contributed by atoms with E-state index in [0.717, 1.165) is 30.5 Å². The summed E-state index contributed by atoms with van der Waals surface area (Å²) in [6.07, 6.45) is 3.23. The maximum absolute atomic E-state index is 13.3. The van der Waals surface area contributed by atoms with Crippen LogP contribution in [0.1, 0.15) is 43.9 Å². The average molecular weight is 470 g/mol. The van der Waals surface area contributed by atoms with Crippen molar-refractivity contribution in [1.29, 1.82) is 0 Å². The number of ether oxygens (including phenoxy) is 2. The number of nitrogens with zero attached hydrogens (tertiary/aromatic N) is 2. The fourth-order valence-electron chi connectivity index (χ4n) is 4.65. The number of piperidine rings is 1. The predicted octanol–water partition coefficient (Wildman–Crippen LogP) is 3.34. The quantitative estimate of drug-likeness (QED) is 0.441. The lowest BCUT2D eigenvalue weighted by Crippen LogP contribution is -2.52. The Morgan fingerprint density at radius 3 is 2.62 bits per heavy atom. The van der Waals surface area contributed by atoms with Crippen molar-refractivity contribution in [3.8, 4) is 0 Å². The maximum Gasteiger partial charge on any atom is 0.338 e. The Morgan fingerprint density at radius 2 is 1.94 bits per heavy atom. The van der Waals surface area contributed by atoms with Gasteiger partial charge in [-0.1, -0.05) is 30.3 Å². The standard InChI is InChI=1S/C26H35N3O5/c1-5-14-29-21(17-28-15-10-12-19(16-28)24(30)33-6-2)22(25(31)34-7-3)23(27-26(29)32)20-13-9-8-11-18(20)4/h5,8-9,11,13,19,23H,1,6-7,10,12,14-17H2,2-4H3,(H,27,32)/t19-,23+/m0/s1. The molecule has 2 atom stereocenters. The molecule has 0 bridgehead atoms. The third kappa shape index (κ3) is 5.67. The number of amides is 2. The van der Waals surface area contributed by atoms with Gasteiger partial charge in [-0.25, -0.2) is 9.59 Å². The Bertz CT molecular complexity index is 958. The molecular weight excluding hydrogens is 434 g/mol. The van der Waals surface area contributed by atoms with Crippen LogP contribution in [0.2, 0.25) is 0 Å². The number of rotatable bonds is 9. The molecule has 0 aliphatic carbocycles. The van der Waals surface area contributed by atoms with Crippen molar-refractivity contribution in [3.63, 3.8) is 0 Å². The van der Waals surface area contributed by atoms with Crippen LogP contribution < -0.4 is 5.32 Å². The molecule has 184 valence electrons. The highest BCUT2D eigenvalue weighted by Gasteiger charge is 2.39. The Hall–Kier alpha value is -3.13. The first-order valence-corrected chi connectivity index (χ1v) is 11.9. The van der Waals surface area contributed by atoms with Crippen molar-refractivity contribution in [1.82, 2.24) is 15.1 Å². The first-order valence-electron chi connectivity index (χ1n) is 11.9. The first-order chi connectivity index (χ1) is 16.4. The molecule has 2 heterocycles. The molecule has 1 aromatic rings. The maximum atomic E-state index is 13.3. The minimum atomic E-state index is -0.630. The Balaban J connectivity index is 2.05. The second kappa shape index (κ2) is 11.8. The van der Waals surface area contributed by atoms with Gasteiger partial charge in [0.25, 0.3) is 0 Å². The molecule has 1 aromatic carbocycles. The van der Waals surface area contributed by atoms with E-state index in [2.05, 4.69) is 16.8 Å². The summed E-state index contributed by atoms with van der Waals surface area (Å²) in [7, 11) is 0. The highest BCUT2D eigenvalue weighted by molar-refractivity contribution is 5.95. The molecule has 1 N–H and O–H groups in total. The van der Waals surface area contributed by atoms with E-state index in [1.165, 1.54) is 0 Å². The number of nitrogens with one attached hydrogen (secondary N) is 1. The molecule has 1 saturated heterocycles. The van der Waals surface area contributed by atoms with Gasteiger partial charge in [-0.2, -0.15) is 0 Å². The zero-order chi connectivity index (χ0) is 24.7. The van der Waals surface area contributed by atoms with Crippen LogP contribution in [0.15, 0.2) is 48.2 Å². The molecule has 8 heteroatoms. The van der Waals surface area contributed by atoms with Crippen LogP contribution in [0.3, 0.4) is 0 Å². The molecule has 2 amide bonds. The Labute approximate surface area is 201 Å². The van der Waals surface area contributed by atoms with E-state index in [-0.39, 0.29) is 31.1 Å². The van der Waals surface area contributed by atoms with E-state index < -0.39 is 12.0 Å². The van der Waals surface area contributed by atoms with Crippen molar-refractivity contribution in [3.05, 3.63) is 59.3 Å². The van der Waals surface area contributed by atoms with Crippen LogP contribution in [-0.4, -0.2) is 67.2 Å². The third-order valence-electron chi connectivity index (χ3n) is 6.24. The molecule has 0 radical (unpaired) electrons. The zero-order valence-electron chi connectivity index (χ0n) is 20.3. The normalized spacial score (nSPS) is 21.1. The van der Waals surface area contributed by atoms with Crippen molar-refractivity contribution in [2.24, 2.45) is 5.92 Å². The predicted molar refractivity (Wildman–Crippen MR) is 129 cm³/mol. The van der Waals surface area contributed by atoms with E-state index in [0.29, 0.717) is 31.0 Å². The second-order valence-corrected chi connectivity index (χ2v) is 8.55. The molecule has 0 saturated carbocycles. The van der Waals surface area contributed by atoms with Gasteiger partial charge in [0.2, 0.25) is 0 Å².